The Hall–Kier alpha value is -6.13. The van der Waals surface area contributed by atoms with Crippen molar-refractivity contribution in [1.29, 1.82) is 0 Å². The van der Waals surface area contributed by atoms with Crippen LogP contribution in [0.1, 0.15) is 85.6 Å². The molecule has 1 aliphatic rings. The molecule has 0 spiro atoms. The molecule has 7 rings (SSSR count). The molecule has 52 heavy (non-hydrogen) atoms. The van der Waals surface area contributed by atoms with Gasteiger partial charge in [0.1, 0.15) is 0 Å². The van der Waals surface area contributed by atoms with Crippen molar-refractivity contribution in [3.8, 4) is 0 Å². The Bertz CT molecular complexity index is 2060. The summed E-state index contributed by atoms with van der Waals surface area (Å²) in [4.78, 5) is 61.5. The summed E-state index contributed by atoms with van der Waals surface area (Å²) < 4.78 is 0. The van der Waals surface area contributed by atoms with E-state index in [9.17, 15) is 14.4 Å². The van der Waals surface area contributed by atoms with Crippen LogP contribution in [-0.2, 0) is 13.1 Å². The molecule has 0 saturated heterocycles. The van der Waals surface area contributed by atoms with Crippen molar-refractivity contribution in [2.45, 2.75) is 44.8 Å². The van der Waals surface area contributed by atoms with E-state index in [-0.39, 0.29) is 23.8 Å². The van der Waals surface area contributed by atoms with E-state index in [0.717, 1.165) is 52.8 Å². The zero-order valence-corrected chi connectivity index (χ0v) is 28.8. The zero-order chi connectivity index (χ0) is 35.7. The molecule has 1 N–H and O–H groups in total. The molecule has 260 valence electrons. The van der Waals surface area contributed by atoms with Gasteiger partial charge in [-0.05, 0) is 78.9 Å². The van der Waals surface area contributed by atoms with Crippen LogP contribution in [0.15, 0.2) is 128 Å². The van der Waals surface area contributed by atoms with Crippen molar-refractivity contribution in [3.05, 3.63) is 167 Å². The Morgan fingerprint density at radius 1 is 0.635 bits per heavy atom. The fourth-order valence-electron chi connectivity index (χ4n) is 6.74. The molecule has 0 bridgehead atoms. The standard InChI is InChI=1S/C42H39N7O3/c50-40(46-25-6-1-2-10-26-49-41(51)34-16-11-13-30-14-12-17-35(38(30)34)42(49)52)31-20-21-33(47-27-31)29-48(28-32-15-3-7-22-43-32)39(36-18-4-8-23-44-36)37-19-5-9-24-45-37/h3-5,7-9,11-24,27,39H,1-2,6,10,25-26,28-29H2,(H,46,50). The highest BCUT2D eigenvalue weighted by Crippen LogP contribution is 2.31. The first-order chi connectivity index (χ1) is 25.6. The summed E-state index contributed by atoms with van der Waals surface area (Å²) in [5.41, 5.74) is 5.09. The number of hydrogen-bond acceptors (Lipinski definition) is 8. The number of pyridine rings is 4. The number of carbonyl (C=O) groups is 3. The summed E-state index contributed by atoms with van der Waals surface area (Å²) in [6, 6.07) is 32.2. The molecule has 3 amide bonds. The SMILES string of the molecule is O=C(NCCCCCCN1C(=O)c2cccc3cccc(c23)C1=O)c1ccc(CN(Cc2ccccn2)C(c2ccccn2)c2ccccn2)nc1. The summed E-state index contributed by atoms with van der Waals surface area (Å²) in [6.45, 7) is 1.91. The third kappa shape index (κ3) is 7.77. The first-order valence-corrected chi connectivity index (χ1v) is 17.6. The Morgan fingerprint density at radius 3 is 1.83 bits per heavy atom. The van der Waals surface area contributed by atoms with E-state index in [1.165, 1.54) is 4.90 Å². The fourth-order valence-corrected chi connectivity index (χ4v) is 6.74. The quantitative estimate of drug-likeness (QED) is 0.0924. The normalized spacial score (nSPS) is 12.5. The molecular formula is C42H39N7O3. The molecule has 10 nitrogen and oxygen atoms in total. The zero-order valence-electron chi connectivity index (χ0n) is 28.8. The third-order valence-corrected chi connectivity index (χ3v) is 9.29. The molecule has 0 unspecified atom stereocenters. The van der Waals surface area contributed by atoms with Gasteiger partial charge in [-0.2, -0.15) is 0 Å². The van der Waals surface area contributed by atoms with Gasteiger partial charge in [0.25, 0.3) is 17.7 Å². The molecule has 0 fully saturated rings. The van der Waals surface area contributed by atoms with Gasteiger partial charge in [-0.1, -0.05) is 55.3 Å². The number of benzene rings is 2. The lowest BCUT2D eigenvalue weighted by Crippen LogP contribution is -2.40. The Labute approximate surface area is 302 Å². The van der Waals surface area contributed by atoms with Crippen molar-refractivity contribution < 1.29 is 14.4 Å². The van der Waals surface area contributed by atoms with Crippen LogP contribution in [0.5, 0.6) is 0 Å². The highest BCUT2D eigenvalue weighted by molar-refractivity contribution is 6.25. The average Bonchev–Trinajstić information content (AvgIpc) is 3.19. The van der Waals surface area contributed by atoms with Crippen LogP contribution in [0.2, 0.25) is 0 Å². The van der Waals surface area contributed by atoms with Crippen LogP contribution >= 0.6 is 0 Å². The largest absolute Gasteiger partial charge is 0.352 e. The van der Waals surface area contributed by atoms with E-state index in [1.54, 1.807) is 43.0 Å². The average molecular weight is 690 g/mol. The van der Waals surface area contributed by atoms with Crippen molar-refractivity contribution in [2.24, 2.45) is 0 Å². The summed E-state index contributed by atoms with van der Waals surface area (Å²) in [5, 5.41) is 4.64. The van der Waals surface area contributed by atoms with Gasteiger partial charge in [-0.25, -0.2) is 0 Å². The molecule has 4 aromatic heterocycles. The topological polar surface area (TPSA) is 121 Å². The maximum atomic E-state index is 13.1. The van der Waals surface area contributed by atoms with Crippen molar-refractivity contribution in [1.82, 2.24) is 35.1 Å². The second-order valence-corrected chi connectivity index (χ2v) is 12.8. The van der Waals surface area contributed by atoms with Gasteiger partial charge >= 0.3 is 0 Å². The van der Waals surface area contributed by atoms with Gasteiger partial charge in [-0.15, -0.1) is 0 Å². The smallest absolute Gasteiger partial charge is 0.261 e. The first kappa shape index (κ1) is 34.3. The van der Waals surface area contributed by atoms with Gasteiger partial charge in [0.2, 0.25) is 0 Å². The highest BCUT2D eigenvalue weighted by atomic mass is 16.2. The van der Waals surface area contributed by atoms with Gasteiger partial charge in [0.05, 0.1) is 34.4 Å². The Morgan fingerprint density at radius 2 is 1.25 bits per heavy atom. The number of imide groups is 1. The molecular weight excluding hydrogens is 651 g/mol. The molecule has 0 saturated carbocycles. The number of hydrogen-bond donors (Lipinski definition) is 1. The summed E-state index contributed by atoms with van der Waals surface area (Å²) in [5.74, 6) is -0.645. The van der Waals surface area contributed by atoms with Crippen LogP contribution in [0.4, 0.5) is 0 Å². The maximum absolute atomic E-state index is 13.1. The van der Waals surface area contributed by atoms with E-state index >= 15 is 0 Å². The van der Waals surface area contributed by atoms with Gasteiger partial charge in [0.15, 0.2) is 0 Å². The summed E-state index contributed by atoms with van der Waals surface area (Å²) >= 11 is 0. The molecule has 0 atom stereocenters. The molecule has 0 radical (unpaired) electrons. The van der Waals surface area contributed by atoms with Crippen LogP contribution in [-0.4, -0.2) is 60.5 Å². The molecule has 5 heterocycles. The Balaban J connectivity index is 0.916. The van der Waals surface area contributed by atoms with Crippen LogP contribution in [0.3, 0.4) is 0 Å². The number of aromatic nitrogens is 4. The molecule has 10 heteroatoms. The number of amides is 3. The third-order valence-electron chi connectivity index (χ3n) is 9.29. The van der Waals surface area contributed by atoms with E-state index in [4.69, 9.17) is 0 Å². The lowest BCUT2D eigenvalue weighted by molar-refractivity contribution is 0.0607. The first-order valence-electron chi connectivity index (χ1n) is 17.6. The predicted molar refractivity (Wildman–Crippen MR) is 198 cm³/mol. The second kappa shape index (κ2) is 16.3. The minimum absolute atomic E-state index is 0.179. The maximum Gasteiger partial charge on any atom is 0.261 e. The van der Waals surface area contributed by atoms with Crippen LogP contribution in [0.25, 0.3) is 10.8 Å². The number of nitrogens with one attached hydrogen (secondary N) is 1. The molecule has 1 aliphatic heterocycles. The van der Waals surface area contributed by atoms with Crippen LogP contribution in [0, 0.1) is 0 Å². The number of carbonyl (C=O) groups excluding carboxylic acids is 3. The number of unbranched alkanes of at least 4 members (excludes halogenated alkanes) is 3. The lowest BCUT2D eigenvalue weighted by atomic mass is 9.94. The molecule has 6 aromatic rings. The summed E-state index contributed by atoms with van der Waals surface area (Å²) in [6.07, 6.45) is 10.2. The molecule has 0 aliphatic carbocycles. The van der Waals surface area contributed by atoms with Crippen LogP contribution < -0.4 is 5.32 Å². The number of rotatable bonds is 15. The van der Waals surface area contributed by atoms with E-state index in [1.807, 2.05) is 84.9 Å². The van der Waals surface area contributed by atoms with Crippen molar-refractivity contribution in [3.63, 3.8) is 0 Å². The fraction of sp³-hybridized carbons (Fsp3) is 0.214. The van der Waals surface area contributed by atoms with Crippen molar-refractivity contribution in [2.75, 3.05) is 13.1 Å². The van der Waals surface area contributed by atoms with E-state index in [0.29, 0.717) is 49.3 Å². The van der Waals surface area contributed by atoms with E-state index < -0.39 is 0 Å². The van der Waals surface area contributed by atoms with Gasteiger partial charge in [-0.3, -0.25) is 44.1 Å². The number of nitrogens with zero attached hydrogens (tertiary/aromatic N) is 6. The van der Waals surface area contributed by atoms with Crippen molar-refractivity contribution >= 4 is 28.5 Å². The molecule has 2 aromatic carbocycles. The minimum atomic E-state index is -0.248. The minimum Gasteiger partial charge on any atom is -0.352 e. The summed E-state index contributed by atoms with van der Waals surface area (Å²) in [7, 11) is 0. The lowest BCUT2D eigenvalue weighted by Gasteiger charge is -2.30. The van der Waals surface area contributed by atoms with Gasteiger partial charge < -0.3 is 5.32 Å². The monoisotopic (exact) mass is 689 g/mol. The predicted octanol–water partition coefficient (Wildman–Crippen LogP) is 6.80. The van der Waals surface area contributed by atoms with E-state index in [2.05, 4.69) is 30.2 Å². The Kier molecular flexibility index (Phi) is 10.7. The van der Waals surface area contributed by atoms with Gasteiger partial charge in [0, 0.05) is 67.5 Å². The second-order valence-electron chi connectivity index (χ2n) is 12.8. The highest BCUT2D eigenvalue weighted by Gasteiger charge is 2.32.